The summed E-state index contributed by atoms with van der Waals surface area (Å²) in [7, 11) is 0. The minimum absolute atomic E-state index is 0.00315. The van der Waals surface area contributed by atoms with Crippen molar-refractivity contribution in [3.8, 4) is 12.3 Å². The maximum atomic E-state index is 12.1. The number of terminal acetylenes is 1. The van der Waals surface area contributed by atoms with E-state index in [1.165, 1.54) is 0 Å². The van der Waals surface area contributed by atoms with E-state index in [1.807, 2.05) is 28.8 Å². The number of H-pyrrole nitrogens is 1. The van der Waals surface area contributed by atoms with Crippen molar-refractivity contribution in [2.24, 2.45) is 0 Å². The number of imidazole rings is 1. The first kappa shape index (κ1) is 12.1. The second-order valence-electron chi connectivity index (χ2n) is 5.03. The number of benzene rings is 1. The molecular weight excluding hydrogens is 238 g/mol. The third kappa shape index (κ3) is 2.18. The highest BCUT2D eigenvalue weighted by atomic mass is 16.1. The van der Waals surface area contributed by atoms with E-state index in [1.54, 1.807) is 0 Å². The number of rotatable bonds is 2. The molecule has 0 amide bonds. The van der Waals surface area contributed by atoms with Crippen LogP contribution in [0.25, 0.3) is 11.0 Å². The molecule has 0 aliphatic carbocycles. The zero-order valence-electron chi connectivity index (χ0n) is 10.8. The van der Waals surface area contributed by atoms with E-state index >= 15 is 0 Å². The van der Waals surface area contributed by atoms with Gasteiger partial charge in [-0.25, -0.2) is 4.79 Å². The molecule has 3 rings (SSSR count). The molecule has 1 N–H and O–H groups in total. The summed E-state index contributed by atoms with van der Waals surface area (Å²) in [6, 6.07) is 8.14. The van der Waals surface area contributed by atoms with Gasteiger partial charge in [-0.15, -0.1) is 6.42 Å². The van der Waals surface area contributed by atoms with Crippen molar-refractivity contribution in [2.75, 3.05) is 19.6 Å². The molecule has 0 spiro atoms. The number of hydrogen-bond donors (Lipinski definition) is 1. The first-order valence-corrected chi connectivity index (χ1v) is 6.64. The summed E-state index contributed by atoms with van der Waals surface area (Å²) < 4.78 is 1.91. The lowest BCUT2D eigenvalue weighted by Crippen LogP contribution is -2.37. The summed E-state index contributed by atoms with van der Waals surface area (Å²) >= 11 is 0. The van der Waals surface area contributed by atoms with Crippen LogP contribution in [0, 0.1) is 12.3 Å². The molecule has 0 radical (unpaired) electrons. The van der Waals surface area contributed by atoms with Crippen LogP contribution in [0.4, 0.5) is 0 Å². The number of aromatic nitrogens is 2. The first-order chi connectivity index (χ1) is 9.29. The summed E-state index contributed by atoms with van der Waals surface area (Å²) in [6.07, 6.45) is 7.29. The largest absolute Gasteiger partial charge is 0.326 e. The van der Waals surface area contributed by atoms with Gasteiger partial charge in [0.25, 0.3) is 0 Å². The number of piperidine rings is 1. The summed E-state index contributed by atoms with van der Waals surface area (Å²) in [4.78, 5) is 17.3. The van der Waals surface area contributed by atoms with E-state index in [0.717, 1.165) is 37.0 Å². The summed E-state index contributed by atoms with van der Waals surface area (Å²) in [6.45, 7) is 2.62. The molecule has 0 saturated carbocycles. The van der Waals surface area contributed by atoms with Gasteiger partial charge in [-0.1, -0.05) is 18.1 Å². The van der Waals surface area contributed by atoms with Gasteiger partial charge in [-0.3, -0.25) is 9.47 Å². The Balaban J connectivity index is 1.88. The fourth-order valence-electron chi connectivity index (χ4n) is 2.90. The Hall–Kier alpha value is -1.99. The van der Waals surface area contributed by atoms with Crippen molar-refractivity contribution in [3.05, 3.63) is 34.7 Å². The topological polar surface area (TPSA) is 41.0 Å². The van der Waals surface area contributed by atoms with E-state index in [2.05, 4.69) is 15.8 Å². The van der Waals surface area contributed by atoms with E-state index in [0.29, 0.717) is 6.54 Å². The lowest BCUT2D eigenvalue weighted by molar-refractivity contribution is 0.206. The third-order valence-electron chi connectivity index (χ3n) is 3.86. The van der Waals surface area contributed by atoms with Gasteiger partial charge in [-0.05, 0) is 25.0 Å². The van der Waals surface area contributed by atoms with Crippen molar-refractivity contribution in [2.45, 2.75) is 18.9 Å². The van der Waals surface area contributed by atoms with Crippen molar-refractivity contribution in [3.63, 3.8) is 0 Å². The van der Waals surface area contributed by atoms with Crippen LogP contribution in [0.2, 0.25) is 0 Å². The normalized spacial score (nSPS) is 17.6. The Morgan fingerprint density at radius 3 is 2.79 bits per heavy atom. The lowest BCUT2D eigenvalue weighted by Gasteiger charge is -2.31. The van der Waals surface area contributed by atoms with Crippen molar-refractivity contribution in [1.82, 2.24) is 14.5 Å². The molecule has 4 nitrogen and oxygen atoms in total. The zero-order valence-corrected chi connectivity index (χ0v) is 10.8. The van der Waals surface area contributed by atoms with Crippen molar-refractivity contribution < 1.29 is 0 Å². The van der Waals surface area contributed by atoms with Gasteiger partial charge in [0.1, 0.15) is 0 Å². The molecule has 4 heteroatoms. The van der Waals surface area contributed by atoms with E-state index < -0.39 is 0 Å². The minimum Gasteiger partial charge on any atom is -0.306 e. The molecule has 0 unspecified atom stereocenters. The van der Waals surface area contributed by atoms with Crippen LogP contribution in [0.3, 0.4) is 0 Å². The van der Waals surface area contributed by atoms with Crippen molar-refractivity contribution in [1.29, 1.82) is 0 Å². The molecule has 2 heterocycles. The van der Waals surface area contributed by atoms with Gasteiger partial charge in [0.2, 0.25) is 0 Å². The fourth-order valence-corrected chi connectivity index (χ4v) is 2.90. The van der Waals surface area contributed by atoms with Crippen molar-refractivity contribution >= 4 is 11.0 Å². The molecule has 1 fully saturated rings. The van der Waals surface area contributed by atoms with E-state index in [9.17, 15) is 4.79 Å². The molecule has 1 saturated heterocycles. The Bertz CT molecular complexity index is 668. The second-order valence-corrected chi connectivity index (χ2v) is 5.03. The quantitative estimate of drug-likeness (QED) is 0.828. The van der Waals surface area contributed by atoms with Gasteiger partial charge in [0, 0.05) is 19.1 Å². The number of aromatic amines is 1. The standard InChI is InChI=1S/C15H17N3O/c1-2-9-17-10-7-12(8-11-17)18-14-6-4-3-5-13(14)16-15(18)19/h1,3-6,12H,7-11H2,(H,16,19). The van der Waals surface area contributed by atoms with Gasteiger partial charge >= 0.3 is 5.69 Å². The van der Waals surface area contributed by atoms with Crippen LogP contribution in [-0.4, -0.2) is 34.1 Å². The number of hydrogen-bond acceptors (Lipinski definition) is 2. The average molecular weight is 255 g/mol. The van der Waals surface area contributed by atoms with Crippen LogP contribution in [0.5, 0.6) is 0 Å². The fraction of sp³-hybridized carbons (Fsp3) is 0.400. The van der Waals surface area contributed by atoms with Crippen LogP contribution in [0.15, 0.2) is 29.1 Å². The highest BCUT2D eigenvalue weighted by Crippen LogP contribution is 2.24. The molecule has 1 aromatic heterocycles. The number of fused-ring (bicyclic) bond motifs is 1. The Morgan fingerprint density at radius 2 is 2.05 bits per heavy atom. The molecule has 98 valence electrons. The maximum Gasteiger partial charge on any atom is 0.326 e. The summed E-state index contributed by atoms with van der Waals surface area (Å²) in [5, 5.41) is 0. The molecule has 1 aromatic carbocycles. The number of nitrogens with one attached hydrogen (secondary N) is 1. The molecular formula is C15H17N3O. The maximum absolute atomic E-state index is 12.1. The van der Waals surface area contributed by atoms with Gasteiger partial charge < -0.3 is 4.98 Å². The lowest BCUT2D eigenvalue weighted by atomic mass is 10.0. The smallest absolute Gasteiger partial charge is 0.306 e. The summed E-state index contributed by atoms with van der Waals surface area (Å²) in [5.74, 6) is 2.68. The molecule has 0 bridgehead atoms. The third-order valence-corrected chi connectivity index (χ3v) is 3.86. The van der Waals surface area contributed by atoms with Crippen LogP contribution >= 0.6 is 0 Å². The van der Waals surface area contributed by atoms with Crippen LogP contribution in [0.1, 0.15) is 18.9 Å². The molecule has 2 aromatic rings. The Morgan fingerprint density at radius 1 is 1.32 bits per heavy atom. The first-order valence-electron chi connectivity index (χ1n) is 6.64. The average Bonchev–Trinajstić information content (AvgIpc) is 2.76. The minimum atomic E-state index is -0.00315. The van der Waals surface area contributed by atoms with Crippen LogP contribution < -0.4 is 5.69 Å². The highest BCUT2D eigenvalue weighted by molar-refractivity contribution is 5.75. The summed E-state index contributed by atoms with van der Waals surface area (Å²) in [5.41, 5.74) is 1.91. The highest BCUT2D eigenvalue weighted by Gasteiger charge is 2.22. The Labute approximate surface area is 112 Å². The van der Waals surface area contributed by atoms with Gasteiger partial charge in [0.05, 0.1) is 17.6 Å². The SMILES string of the molecule is C#CCN1CCC(n2c(=O)[nH]c3ccccc32)CC1. The van der Waals surface area contributed by atoms with E-state index in [4.69, 9.17) is 6.42 Å². The predicted molar refractivity (Wildman–Crippen MR) is 76.1 cm³/mol. The van der Waals surface area contributed by atoms with Gasteiger partial charge in [-0.2, -0.15) is 0 Å². The van der Waals surface area contributed by atoms with Crippen LogP contribution in [-0.2, 0) is 0 Å². The van der Waals surface area contributed by atoms with E-state index in [-0.39, 0.29) is 11.7 Å². The zero-order chi connectivity index (χ0) is 13.2. The molecule has 1 aliphatic heterocycles. The number of likely N-dealkylation sites (tertiary alicyclic amines) is 1. The second kappa shape index (κ2) is 4.94. The number of nitrogens with zero attached hydrogens (tertiary/aromatic N) is 2. The predicted octanol–water partition coefficient (Wildman–Crippen LogP) is 1.60. The van der Waals surface area contributed by atoms with Gasteiger partial charge in [0.15, 0.2) is 0 Å². The Kier molecular flexibility index (Phi) is 3.14. The molecule has 19 heavy (non-hydrogen) atoms. The monoisotopic (exact) mass is 255 g/mol. The molecule has 1 aliphatic rings. The number of para-hydroxylation sites is 2. The molecule has 0 atom stereocenters.